The highest BCUT2D eigenvalue weighted by molar-refractivity contribution is 6.30. The minimum Gasteiger partial charge on any atom is -0.507 e. The minimum absolute atomic E-state index is 0.00588. The van der Waals surface area contributed by atoms with E-state index < -0.39 is 71.5 Å². The molecule has 3 aliphatic rings. The highest BCUT2D eigenvalue weighted by Gasteiger charge is 2.49. The molecule has 1 fully saturated rings. The molecule has 0 amide bonds. The van der Waals surface area contributed by atoms with Gasteiger partial charge in [0.1, 0.15) is 17.1 Å². The molecule has 1 aliphatic heterocycles. The first-order valence-electron chi connectivity index (χ1n) is 11.7. The lowest BCUT2D eigenvalue weighted by Gasteiger charge is -2.42. The Kier molecular flexibility index (Phi) is 5.77. The van der Waals surface area contributed by atoms with E-state index in [1.54, 1.807) is 19.1 Å². The third-order valence-corrected chi connectivity index (χ3v) is 7.50. The Morgan fingerprint density at radius 1 is 1.11 bits per heavy atom. The molecule has 2 aliphatic carbocycles. The van der Waals surface area contributed by atoms with E-state index in [2.05, 4.69) is 0 Å². The van der Waals surface area contributed by atoms with Crippen molar-refractivity contribution in [3.63, 3.8) is 0 Å². The van der Waals surface area contributed by atoms with E-state index in [0.717, 1.165) is 0 Å². The van der Waals surface area contributed by atoms with Crippen molar-refractivity contribution >= 4 is 17.3 Å². The normalized spacial score (nSPS) is 31.4. The van der Waals surface area contributed by atoms with Gasteiger partial charge in [0, 0.05) is 47.6 Å². The fraction of sp³-hybridized carbons (Fsp3) is 0.423. The Morgan fingerprint density at radius 2 is 1.69 bits per heavy atom. The maximum Gasteiger partial charge on any atom is 0.198 e. The van der Waals surface area contributed by atoms with Crippen molar-refractivity contribution in [3.8, 4) is 11.5 Å². The van der Waals surface area contributed by atoms with Crippen LogP contribution in [0.15, 0.2) is 24.3 Å². The number of phenols is 2. The van der Waals surface area contributed by atoms with Crippen LogP contribution in [0.5, 0.6) is 11.5 Å². The topological polar surface area (TPSA) is 177 Å². The summed E-state index contributed by atoms with van der Waals surface area (Å²) in [6, 6.07) is 5.40. The lowest BCUT2D eigenvalue weighted by atomic mass is 9.72. The summed E-state index contributed by atoms with van der Waals surface area (Å²) in [5.41, 5.74) is 3.38. The molecule has 1 saturated heterocycles. The molecule has 0 bridgehead atoms. The number of carbonyl (C=O) groups is 3. The highest BCUT2D eigenvalue weighted by Crippen LogP contribution is 2.51. The number of phenolic OH excluding ortho intramolecular Hbond substituents is 2. The minimum atomic E-state index is -1.97. The van der Waals surface area contributed by atoms with Gasteiger partial charge < -0.3 is 35.6 Å². The molecule has 10 nitrogen and oxygen atoms in total. The van der Waals surface area contributed by atoms with Crippen LogP contribution in [0, 0.1) is 0 Å². The molecule has 190 valence electrons. The number of aromatic hydroxyl groups is 2. The summed E-state index contributed by atoms with van der Waals surface area (Å²) >= 11 is 0. The van der Waals surface area contributed by atoms with E-state index in [-0.39, 0.29) is 46.2 Å². The number of nitrogens with two attached hydrogens (primary N) is 1. The summed E-state index contributed by atoms with van der Waals surface area (Å²) in [5.74, 6) is -3.06. The van der Waals surface area contributed by atoms with Gasteiger partial charge in [0.15, 0.2) is 23.6 Å². The van der Waals surface area contributed by atoms with Crippen LogP contribution in [0.25, 0.3) is 0 Å². The van der Waals surface area contributed by atoms with Gasteiger partial charge in [-0.05, 0) is 13.8 Å². The molecule has 36 heavy (non-hydrogen) atoms. The largest absolute Gasteiger partial charge is 0.507 e. The average molecular weight is 498 g/mol. The predicted molar refractivity (Wildman–Crippen MR) is 124 cm³/mol. The fourth-order valence-electron chi connectivity index (χ4n) is 5.42. The van der Waals surface area contributed by atoms with Gasteiger partial charge in [0.2, 0.25) is 0 Å². The van der Waals surface area contributed by atoms with Crippen LogP contribution < -0.4 is 5.73 Å². The second-order valence-corrected chi connectivity index (χ2v) is 9.80. The smallest absolute Gasteiger partial charge is 0.198 e. The van der Waals surface area contributed by atoms with E-state index in [1.165, 1.54) is 19.1 Å². The Balaban J connectivity index is 1.66. The van der Waals surface area contributed by atoms with Gasteiger partial charge in [-0.3, -0.25) is 14.4 Å². The molecule has 2 aromatic carbocycles. The van der Waals surface area contributed by atoms with Crippen LogP contribution in [0.3, 0.4) is 0 Å². The Hall–Kier alpha value is -3.15. The molecule has 6 atom stereocenters. The van der Waals surface area contributed by atoms with Crippen molar-refractivity contribution in [3.05, 3.63) is 57.6 Å². The van der Waals surface area contributed by atoms with Gasteiger partial charge in [-0.2, -0.15) is 0 Å². The quantitative estimate of drug-likeness (QED) is 0.328. The molecule has 5 rings (SSSR count). The number of ether oxygens (including phenoxy) is 2. The first kappa shape index (κ1) is 24.5. The van der Waals surface area contributed by atoms with Crippen molar-refractivity contribution < 1.29 is 44.3 Å². The Morgan fingerprint density at radius 3 is 2.25 bits per heavy atom. The molecule has 0 spiro atoms. The van der Waals surface area contributed by atoms with Crippen molar-refractivity contribution in [2.45, 2.75) is 69.4 Å². The number of fused-ring (bicyclic) bond motifs is 3. The maximum atomic E-state index is 13.3. The summed E-state index contributed by atoms with van der Waals surface area (Å²) in [7, 11) is 0. The van der Waals surface area contributed by atoms with Crippen LogP contribution >= 0.6 is 0 Å². The average Bonchev–Trinajstić information content (AvgIpc) is 2.82. The lowest BCUT2D eigenvalue weighted by molar-refractivity contribution is -0.247. The van der Waals surface area contributed by atoms with Crippen molar-refractivity contribution in [1.29, 1.82) is 0 Å². The number of hydrogen-bond acceptors (Lipinski definition) is 10. The zero-order valence-corrected chi connectivity index (χ0v) is 19.7. The third-order valence-electron chi connectivity index (χ3n) is 7.50. The van der Waals surface area contributed by atoms with Gasteiger partial charge in [-0.1, -0.05) is 24.3 Å². The second-order valence-electron chi connectivity index (χ2n) is 9.80. The Bertz CT molecular complexity index is 1290. The van der Waals surface area contributed by atoms with E-state index >= 15 is 0 Å². The molecule has 0 aromatic heterocycles. The van der Waals surface area contributed by atoms with Gasteiger partial charge in [-0.25, -0.2) is 0 Å². The summed E-state index contributed by atoms with van der Waals surface area (Å²) in [4.78, 5) is 39.0. The molecular weight excluding hydrogens is 470 g/mol. The van der Waals surface area contributed by atoms with Crippen molar-refractivity contribution in [1.82, 2.24) is 0 Å². The molecule has 1 heterocycles. The van der Waals surface area contributed by atoms with E-state index in [0.29, 0.717) is 0 Å². The van der Waals surface area contributed by atoms with E-state index in [9.17, 15) is 34.8 Å². The highest BCUT2D eigenvalue weighted by atomic mass is 16.7. The monoisotopic (exact) mass is 497 g/mol. The van der Waals surface area contributed by atoms with Crippen LogP contribution in [-0.4, -0.2) is 67.9 Å². The number of carbonyl (C=O) groups excluding carboxylic acids is 3. The molecule has 6 N–H and O–H groups in total. The SMILES string of the molecule is CC(=O)[C@]1(O)Cc2c(O)c3c(c(O)c2[C@@H](O[C@H]2C[C@H](N)[C@@H](O)[C@H](C)O2)C1)C(=O)c1ccccc1C3=O. The molecule has 0 saturated carbocycles. The fourth-order valence-corrected chi connectivity index (χ4v) is 5.42. The molecule has 0 radical (unpaired) electrons. The van der Waals surface area contributed by atoms with Crippen molar-refractivity contribution in [2.24, 2.45) is 5.73 Å². The Labute approximate surface area is 206 Å². The van der Waals surface area contributed by atoms with Gasteiger partial charge >= 0.3 is 0 Å². The van der Waals surface area contributed by atoms with Crippen LogP contribution in [0.4, 0.5) is 0 Å². The number of Topliss-reactive ketones (excluding diaryl/α,β-unsaturated/α-hetero) is 1. The molecule has 2 aromatic rings. The second kappa shape index (κ2) is 8.46. The standard InChI is InChI=1S/C26H27NO9/c1-10-21(29)15(27)7-17(35-10)36-16-9-26(34,11(2)28)8-14-18(16)25(33)20-19(24(14)32)22(30)12-5-3-4-6-13(12)23(20)31/h3-6,10,15-17,21,29,32-34H,7-9,27H2,1-2H3/t10-,15-,16-,17-,21-,26-/m0/s1. The number of rotatable bonds is 3. The number of ketones is 3. The first-order valence-corrected chi connectivity index (χ1v) is 11.7. The number of hydrogen-bond donors (Lipinski definition) is 5. The zero-order valence-electron chi connectivity index (χ0n) is 19.7. The molecule has 0 unspecified atom stereocenters. The van der Waals surface area contributed by atoms with E-state index in [4.69, 9.17) is 15.2 Å². The molecule has 10 heteroatoms. The van der Waals surface area contributed by atoms with E-state index in [1.807, 2.05) is 0 Å². The summed E-state index contributed by atoms with van der Waals surface area (Å²) < 4.78 is 11.8. The lowest BCUT2D eigenvalue weighted by Crippen LogP contribution is -2.52. The maximum absolute atomic E-state index is 13.3. The number of aliphatic hydroxyl groups is 2. The third kappa shape index (κ3) is 3.56. The number of aliphatic hydroxyl groups excluding tert-OH is 1. The summed E-state index contributed by atoms with van der Waals surface area (Å²) in [5, 5.41) is 43.8. The molecular formula is C26H27NO9. The predicted octanol–water partition coefficient (Wildman–Crippen LogP) is 1.02. The van der Waals surface area contributed by atoms with Crippen LogP contribution in [0.1, 0.15) is 75.8 Å². The van der Waals surface area contributed by atoms with Crippen LogP contribution in [-0.2, 0) is 20.7 Å². The zero-order chi connectivity index (χ0) is 26.1. The van der Waals surface area contributed by atoms with Crippen molar-refractivity contribution in [2.75, 3.05) is 0 Å². The summed E-state index contributed by atoms with van der Waals surface area (Å²) in [6.07, 6.45) is -4.38. The van der Waals surface area contributed by atoms with Gasteiger partial charge in [0.25, 0.3) is 0 Å². The first-order chi connectivity index (χ1) is 16.9. The van der Waals surface area contributed by atoms with Crippen LogP contribution in [0.2, 0.25) is 0 Å². The van der Waals surface area contributed by atoms with Gasteiger partial charge in [-0.15, -0.1) is 0 Å². The summed E-state index contributed by atoms with van der Waals surface area (Å²) in [6.45, 7) is 2.80. The number of benzene rings is 2. The van der Waals surface area contributed by atoms with Gasteiger partial charge in [0.05, 0.1) is 29.4 Å².